The lowest BCUT2D eigenvalue weighted by molar-refractivity contribution is 0.205. The first-order valence-corrected chi connectivity index (χ1v) is 8.15. The minimum Gasteiger partial charge on any atom is -0.316 e. The number of hydrogen-bond donors (Lipinski definition) is 1. The molecule has 0 radical (unpaired) electrons. The van der Waals surface area contributed by atoms with Gasteiger partial charge in [-0.25, -0.2) is 0 Å². The van der Waals surface area contributed by atoms with Crippen molar-refractivity contribution in [1.29, 1.82) is 0 Å². The molecule has 3 heteroatoms. The topological polar surface area (TPSA) is 12.0 Å². The van der Waals surface area contributed by atoms with Crippen LogP contribution in [0.15, 0.2) is 18.2 Å². The maximum absolute atomic E-state index is 6.32. The van der Waals surface area contributed by atoms with Crippen LogP contribution in [0, 0.1) is 17.3 Å². The van der Waals surface area contributed by atoms with Crippen LogP contribution in [-0.2, 0) is 6.42 Å². The third-order valence-electron chi connectivity index (χ3n) is 4.12. The van der Waals surface area contributed by atoms with Gasteiger partial charge >= 0.3 is 0 Å². The van der Waals surface area contributed by atoms with Crippen molar-refractivity contribution in [3.05, 3.63) is 33.8 Å². The van der Waals surface area contributed by atoms with Gasteiger partial charge in [0.25, 0.3) is 0 Å². The lowest BCUT2D eigenvalue weighted by atomic mass is 9.74. The molecule has 0 heterocycles. The quantitative estimate of drug-likeness (QED) is 0.706. The zero-order valence-corrected chi connectivity index (χ0v) is 14.8. The van der Waals surface area contributed by atoms with Crippen molar-refractivity contribution in [3.63, 3.8) is 0 Å². The van der Waals surface area contributed by atoms with Gasteiger partial charge in [0.1, 0.15) is 0 Å². The number of nitrogens with one attached hydrogen (secondary N) is 1. The Labute approximate surface area is 134 Å². The molecule has 0 aliphatic heterocycles. The third-order valence-corrected chi connectivity index (χ3v) is 4.83. The molecule has 0 aliphatic rings. The Kier molecular flexibility index (Phi) is 6.84. The molecule has 0 spiro atoms. The van der Waals surface area contributed by atoms with Crippen LogP contribution in [0.5, 0.6) is 0 Å². The molecule has 1 aromatic carbocycles. The van der Waals surface area contributed by atoms with Gasteiger partial charge in [0.2, 0.25) is 0 Å². The predicted molar refractivity (Wildman–Crippen MR) is 90.8 cm³/mol. The first kappa shape index (κ1) is 17.8. The van der Waals surface area contributed by atoms with E-state index in [-0.39, 0.29) is 5.41 Å². The molecule has 114 valence electrons. The Hall–Kier alpha value is -0.240. The molecular weight excluding hydrogens is 289 g/mol. The Morgan fingerprint density at radius 3 is 2.10 bits per heavy atom. The molecule has 1 atom stereocenters. The van der Waals surface area contributed by atoms with E-state index < -0.39 is 0 Å². The smallest absolute Gasteiger partial charge is 0.0453 e. The average molecular weight is 316 g/mol. The van der Waals surface area contributed by atoms with Gasteiger partial charge in [-0.05, 0) is 47.9 Å². The van der Waals surface area contributed by atoms with E-state index >= 15 is 0 Å². The van der Waals surface area contributed by atoms with Crippen molar-refractivity contribution in [2.75, 3.05) is 13.1 Å². The van der Waals surface area contributed by atoms with Gasteiger partial charge < -0.3 is 5.32 Å². The molecule has 0 saturated carbocycles. The summed E-state index contributed by atoms with van der Waals surface area (Å²) in [4.78, 5) is 0. The van der Waals surface area contributed by atoms with Gasteiger partial charge in [-0.2, -0.15) is 0 Å². The number of hydrogen-bond acceptors (Lipinski definition) is 1. The van der Waals surface area contributed by atoms with E-state index in [1.165, 1.54) is 0 Å². The molecule has 1 nitrogen and oxygen atoms in total. The maximum Gasteiger partial charge on any atom is 0.0453 e. The maximum atomic E-state index is 6.32. The molecule has 1 unspecified atom stereocenters. The molecule has 0 aliphatic carbocycles. The lowest BCUT2D eigenvalue weighted by Crippen LogP contribution is -2.39. The summed E-state index contributed by atoms with van der Waals surface area (Å²) in [5, 5.41) is 5.12. The first-order chi connectivity index (χ1) is 9.26. The summed E-state index contributed by atoms with van der Waals surface area (Å²) in [6.45, 7) is 13.3. The molecule has 1 aromatic rings. The van der Waals surface area contributed by atoms with Gasteiger partial charge in [0.05, 0.1) is 0 Å². The van der Waals surface area contributed by atoms with Crippen LogP contribution in [0.4, 0.5) is 0 Å². The Balaban J connectivity index is 2.86. The highest BCUT2D eigenvalue weighted by atomic mass is 35.5. The lowest BCUT2D eigenvalue weighted by Gasteiger charge is -2.35. The minimum atomic E-state index is 0.142. The normalized spacial score (nSPS) is 14.8. The largest absolute Gasteiger partial charge is 0.316 e. The highest BCUT2D eigenvalue weighted by Crippen LogP contribution is 2.36. The summed E-state index contributed by atoms with van der Waals surface area (Å²) in [5.74, 6) is 1.21. The molecular formula is C17H27Cl2N. The van der Waals surface area contributed by atoms with Crippen molar-refractivity contribution in [3.8, 4) is 0 Å². The number of halogens is 2. The molecule has 0 fully saturated rings. The minimum absolute atomic E-state index is 0.142. The van der Waals surface area contributed by atoms with Crippen LogP contribution in [-0.4, -0.2) is 13.1 Å². The van der Waals surface area contributed by atoms with Crippen LogP contribution in [0.3, 0.4) is 0 Å². The summed E-state index contributed by atoms with van der Waals surface area (Å²) in [6, 6.07) is 5.74. The van der Waals surface area contributed by atoms with Crippen molar-refractivity contribution >= 4 is 23.2 Å². The van der Waals surface area contributed by atoms with Gasteiger partial charge in [0.15, 0.2) is 0 Å². The monoisotopic (exact) mass is 315 g/mol. The first-order valence-electron chi connectivity index (χ1n) is 7.40. The second-order valence-electron chi connectivity index (χ2n) is 6.71. The molecule has 0 bridgehead atoms. The second kappa shape index (κ2) is 7.68. The van der Waals surface area contributed by atoms with Gasteiger partial charge in [0, 0.05) is 16.6 Å². The summed E-state index contributed by atoms with van der Waals surface area (Å²) in [7, 11) is 0. The van der Waals surface area contributed by atoms with E-state index in [0.717, 1.165) is 35.1 Å². The average Bonchev–Trinajstić information content (AvgIpc) is 2.33. The number of rotatable bonds is 7. The zero-order chi connectivity index (χ0) is 15.3. The van der Waals surface area contributed by atoms with Gasteiger partial charge in [-0.1, -0.05) is 63.9 Å². The molecule has 0 aromatic heterocycles. The Morgan fingerprint density at radius 2 is 1.65 bits per heavy atom. The molecule has 0 saturated heterocycles. The van der Waals surface area contributed by atoms with Gasteiger partial charge in [-0.3, -0.25) is 0 Å². The van der Waals surface area contributed by atoms with Crippen molar-refractivity contribution in [2.45, 2.75) is 41.0 Å². The van der Waals surface area contributed by atoms with Crippen LogP contribution in [0.25, 0.3) is 0 Å². The Bertz CT molecular complexity index is 409. The fraction of sp³-hybridized carbons (Fsp3) is 0.647. The van der Waals surface area contributed by atoms with Crippen LogP contribution < -0.4 is 5.32 Å². The second-order valence-corrected chi connectivity index (χ2v) is 7.52. The third kappa shape index (κ3) is 4.95. The fourth-order valence-corrected chi connectivity index (χ4v) is 2.75. The van der Waals surface area contributed by atoms with Crippen molar-refractivity contribution < 1.29 is 0 Å². The van der Waals surface area contributed by atoms with Crippen LogP contribution in [0.2, 0.25) is 10.0 Å². The van der Waals surface area contributed by atoms with Gasteiger partial charge in [-0.15, -0.1) is 0 Å². The van der Waals surface area contributed by atoms with Crippen LogP contribution in [0.1, 0.15) is 40.2 Å². The zero-order valence-electron chi connectivity index (χ0n) is 13.3. The van der Waals surface area contributed by atoms with E-state index in [1.54, 1.807) is 0 Å². The fourth-order valence-electron chi connectivity index (χ4n) is 2.22. The molecule has 1 rings (SSSR count). The van der Waals surface area contributed by atoms with Crippen molar-refractivity contribution in [1.82, 2.24) is 5.32 Å². The van der Waals surface area contributed by atoms with E-state index in [4.69, 9.17) is 23.2 Å². The molecule has 20 heavy (non-hydrogen) atoms. The SMILES string of the molecule is CC(C)CNCC(C)(Cc1c(Cl)cccc1Cl)C(C)C. The highest BCUT2D eigenvalue weighted by Gasteiger charge is 2.30. The standard InChI is InChI=1S/C17H27Cl2N/c1-12(2)10-20-11-17(5,13(3)4)9-14-15(18)7-6-8-16(14)19/h6-8,12-13,20H,9-11H2,1-5H3. The van der Waals surface area contributed by atoms with E-state index in [0.29, 0.717) is 11.8 Å². The molecule has 1 N–H and O–H groups in total. The molecule has 0 amide bonds. The van der Waals surface area contributed by atoms with E-state index in [1.807, 2.05) is 18.2 Å². The van der Waals surface area contributed by atoms with Crippen LogP contribution >= 0.6 is 23.2 Å². The van der Waals surface area contributed by atoms with Crippen molar-refractivity contribution in [2.24, 2.45) is 17.3 Å². The highest BCUT2D eigenvalue weighted by molar-refractivity contribution is 6.36. The Morgan fingerprint density at radius 1 is 1.10 bits per heavy atom. The summed E-state index contributed by atoms with van der Waals surface area (Å²) in [6.07, 6.45) is 0.897. The predicted octanol–water partition coefficient (Wildman–Crippen LogP) is 5.44. The van der Waals surface area contributed by atoms with E-state index in [2.05, 4.69) is 39.9 Å². The summed E-state index contributed by atoms with van der Waals surface area (Å²) >= 11 is 12.6. The summed E-state index contributed by atoms with van der Waals surface area (Å²) in [5.41, 5.74) is 1.21. The number of benzene rings is 1. The summed E-state index contributed by atoms with van der Waals surface area (Å²) < 4.78 is 0. The van der Waals surface area contributed by atoms with E-state index in [9.17, 15) is 0 Å².